The van der Waals surface area contributed by atoms with Gasteiger partial charge in [0.1, 0.15) is 4.60 Å². The Hall–Kier alpha value is -1.43. The van der Waals surface area contributed by atoms with Crippen molar-refractivity contribution in [2.45, 2.75) is 33.1 Å². The SMILES string of the molecule is CCC(CC)(CC(=O)Nc1ccc(Br)nc1)C(=O)O. The molecule has 0 fully saturated rings. The quantitative estimate of drug-likeness (QED) is 0.786. The molecule has 1 rings (SSSR count). The average molecular weight is 329 g/mol. The van der Waals surface area contributed by atoms with E-state index in [2.05, 4.69) is 26.2 Å². The van der Waals surface area contributed by atoms with Crippen LogP contribution in [-0.2, 0) is 9.59 Å². The number of carboxylic acids is 1. The van der Waals surface area contributed by atoms with Crippen LogP contribution in [-0.4, -0.2) is 22.0 Å². The summed E-state index contributed by atoms with van der Waals surface area (Å²) in [6.45, 7) is 3.57. The smallest absolute Gasteiger partial charge is 0.310 e. The number of halogens is 1. The molecule has 1 aromatic heterocycles. The summed E-state index contributed by atoms with van der Waals surface area (Å²) in [6.07, 6.45) is 2.32. The molecule has 2 N–H and O–H groups in total. The van der Waals surface area contributed by atoms with Crippen LogP contribution in [0.5, 0.6) is 0 Å². The van der Waals surface area contributed by atoms with Crippen LogP contribution in [0.2, 0.25) is 0 Å². The molecule has 0 bridgehead atoms. The summed E-state index contributed by atoms with van der Waals surface area (Å²) in [4.78, 5) is 27.2. The summed E-state index contributed by atoms with van der Waals surface area (Å²) in [6, 6.07) is 3.41. The molecule has 0 aromatic carbocycles. The second-order valence-corrected chi connectivity index (χ2v) is 5.20. The van der Waals surface area contributed by atoms with Gasteiger partial charge in [0.15, 0.2) is 0 Å². The first-order chi connectivity index (χ1) is 8.93. The Labute approximate surface area is 120 Å². The van der Waals surface area contributed by atoms with Gasteiger partial charge in [0.2, 0.25) is 5.91 Å². The summed E-state index contributed by atoms with van der Waals surface area (Å²) < 4.78 is 0.674. The molecule has 1 heterocycles. The number of hydrogen-bond acceptors (Lipinski definition) is 3. The van der Waals surface area contributed by atoms with E-state index in [0.29, 0.717) is 23.1 Å². The van der Waals surface area contributed by atoms with Crippen LogP contribution in [0.25, 0.3) is 0 Å². The van der Waals surface area contributed by atoms with E-state index < -0.39 is 11.4 Å². The molecule has 0 aliphatic heterocycles. The first-order valence-corrected chi connectivity index (χ1v) is 6.87. The van der Waals surface area contributed by atoms with Gasteiger partial charge >= 0.3 is 5.97 Å². The number of nitrogens with zero attached hydrogens (tertiary/aromatic N) is 1. The predicted molar refractivity (Wildman–Crippen MR) is 75.8 cm³/mol. The van der Waals surface area contributed by atoms with Crippen molar-refractivity contribution in [2.75, 3.05) is 5.32 Å². The second kappa shape index (κ2) is 6.65. The zero-order chi connectivity index (χ0) is 14.5. The van der Waals surface area contributed by atoms with Crippen LogP contribution < -0.4 is 5.32 Å². The van der Waals surface area contributed by atoms with Crippen molar-refractivity contribution in [2.24, 2.45) is 5.41 Å². The minimum atomic E-state index is -0.993. The van der Waals surface area contributed by atoms with E-state index in [-0.39, 0.29) is 12.3 Å². The van der Waals surface area contributed by atoms with E-state index in [1.54, 1.807) is 26.0 Å². The Morgan fingerprint density at radius 3 is 2.42 bits per heavy atom. The Kier molecular flexibility index (Phi) is 5.47. The van der Waals surface area contributed by atoms with Gasteiger partial charge in [0.25, 0.3) is 0 Å². The lowest BCUT2D eigenvalue weighted by Gasteiger charge is -2.25. The molecule has 6 heteroatoms. The minimum Gasteiger partial charge on any atom is -0.481 e. The van der Waals surface area contributed by atoms with Crippen molar-refractivity contribution in [1.82, 2.24) is 4.98 Å². The number of rotatable bonds is 6. The molecule has 0 saturated carbocycles. The van der Waals surface area contributed by atoms with Crippen LogP contribution in [0.1, 0.15) is 33.1 Å². The number of amides is 1. The maximum Gasteiger partial charge on any atom is 0.310 e. The minimum absolute atomic E-state index is 0.0363. The molecule has 1 aromatic rings. The fourth-order valence-corrected chi connectivity index (χ4v) is 2.07. The fraction of sp³-hybridized carbons (Fsp3) is 0.462. The second-order valence-electron chi connectivity index (χ2n) is 4.39. The molecule has 0 spiro atoms. The molecule has 5 nitrogen and oxygen atoms in total. The first-order valence-electron chi connectivity index (χ1n) is 6.08. The first kappa shape index (κ1) is 15.6. The number of carbonyl (C=O) groups is 2. The highest BCUT2D eigenvalue weighted by molar-refractivity contribution is 9.10. The van der Waals surface area contributed by atoms with Crippen LogP contribution >= 0.6 is 15.9 Å². The third kappa shape index (κ3) is 4.02. The van der Waals surface area contributed by atoms with Gasteiger partial charge in [-0.05, 0) is 40.9 Å². The van der Waals surface area contributed by atoms with Gasteiger partial charge < -0.3 is 10.4 Å². The van der Waals surface area contributed by atoms with E-state index in [1.807, 2.05) is 0 Å². The van der Waals surface area contributed by atoms with Gasteiger partial charge in [-0.3, -0.25) is 9.59 Å². The lowest BCUT2D eigenvalue weighted by atomic mass is 9.79. The molecule has 104 valence electrons. The zero-order valence-electron chi connectivity index (χ0n) is 10.9. The van der Waals surface area contributed by atoms with E-state index in [4.69, 9.17) is 0 Å². The van der Waals surface area contributed by atoms with Crippen LogP contribution in [0.4, 0.5) is 5.69 Å². The van der Waals surface area contributed by atoms with Crippen molar-refractivity contribution in [3.8, 4) is 0 Å². The normalized spacial score (nSPS) is 11.1. The van der Waals surface area contributed by atoms with Gasteiger partial charge in [-0.15, -0.1) is 0 Å². The third-order valence-corrected chi connectivity index (χ3v) is 3.79. The van der Waals surface area contributed by atoms with Crippen LogP contribution in [0.15, 0.2) is 22.9 Å². The lowest BCUT2D eigenvalue weighted by molar-refractivity contribution is -0.151. The summed E-state index contributed by atoms with van der Waals surface area (Å²) in [5.74, 6) is -1.24. The maximum absolute atomic E-state index is 11.9. The molecule has 1 amide bonds. The molecule has 0 aliphatic rings. The van der Waals surface area contributed by atoms with Gasteiger partial charge in [0.05, 0.1) is 17.3 Å². The van der Waals surface area contributed by atoms with E-state index >= 15 is 0 Å². The van der Waals surface area contributed by atoms with Crippen molar-refractivity contribution in [3.05, 3.63) is 22.9 Å². The van der Waals surface area contributed by atoms with Gasteiger partial charge in [-0.25, -0.2) is 4.98 Å². The fourth-order valence-electron chi connectivity index (χ4n) is 1.84. The van der Waals surface area contributed by atoms with Crippen molar-refractivity contribution >= 4 is 33.5 Å². The number of aromatic nitrogens is 1. The zero-order valence-corrected chi connectivity index (χ0v) is 12.5. The number of nitrogens with one attached hydrogen (secondary N) is 1. The summed E-state index contributed by atoms with van der Waals surface area (Å²) in [5, 5.41) is 11.9. The van der Waals surface area contributed by atoms with Crippen molar-refractivity contribution < 1.29 is 14.7 Å². The van der Waals surface area contributed by atoms with Crippen molar-refractivity contribution in [1.29, 1.82) is 0 Å². The van der Waals surface area contributed by atoms with Gasteiger partial charge in [0, 0.05) is 6.42 Å². The summed E-state index contributed by atoms with van der Waals surface area (Å²) >= 11 is 3.20. The van der Waals surface area contributed by atoms with Gasteiger partial charge in [-0.2, -0.15) is 0 Å². The highest BCUT2D eigenvalue weighted by Crippen LogP contribution is 2.31. The Morgan fingerprint density at radius 1 is 1.37 bits per heavy atom. The Balaban J connectivity index is 2.73. The van der Waals surface area contributed by atoms with Gasteiger partial charge in [-0.1, -0.05) is 13.8 Å². The largest absolute Gasteiger partial charge is 0.481 e. The standard InChI is InChI=1S/C13H17BrN2O3/c1-3-13(4-2,12(18)19)7-11(17)16-9-5-6-10(14)15-8-9/h5-6,8H,3-4,7H2,1-2H3,(H,16,17)(H,18,19). The molecular formula is C13H17BrN2O3. The highest BCUT2D eigenvalue weighted by atomic mass is 79.9. The molecule has 0 radical (unpaired) electrons. The number of pyridine rings is 1. The average Bonchev–Trinajstić information content (AvgIpc) is 2.38. The molecule has 19 heavy (non-hydrogen) atoms. The molecule has 0 unspecified atom stereocenters. The molecule has 0 saturated heterocycles. The summed E-state index contributed by atoms with van der Waals surface area (Å²) in [7, 11) is 0. The van der Waals surface area contributed by atoms with Crippen LogP contribution in [0.3, 0.4) is 0 Å². The summed E-state index contributed by atoms with van der Waals surface area (Å²) in [5.41, 5.74) is -0.438. The number of anilines is 1. The van der Waals surface area contributed by atoms with Crippen molar-refractivity contribution in [3.63, 3.8) is 0 Å². The number of carboxylic acid groups (broad SMARTS) is 1. The van der Waals surface area contributed by atoms with E-state index in [9.17, 15) is 14.7 Å². The monoisotopic (exact) mass is 328 g/mol. The number of hydrogen-bond donors (Lipinski definition) is 2. The topological polar surface area (TPSA) is 79.3 Å². The maximum atomic E-state index is 11.9. The molecular weight excluding hydrogens is 312 g/mol. The highest BCUT2D eigenvalue weighted by Gasteiger charge is 2.37. The molecule has 0 atom stereocenters. The molecule has 0 aliphatic carbocycles. The Morgan fingerprint density at radius 2 is 2.00 bits per heavy atom. The predicted octanol–water partition coefficient (Wildman–Crippen LogP) is 3.06. The van der Waals surface area contributed by atoms with Crippen LogP contribution in [0, 0.1) is 5.41 Å². The number of carbonyl (C=O) groups excluding carboxylic acids is 1. The lowest BCUT2D eigenvalue weighted by Crippen LogP contribution is -2.34. The third-order valence-electron chi connectivity index (χ3n) is 3.32. The number of aliphatic carboxylic acids is 1. The van der Waals surface area contributed by atoms with E-state index in [1.165, 1.54) is 6.20 Å². The Bertz CT molecular complexity index is 455. The van der Waals surface area contributed by atoms with E-state index in [0.717, 1.165) is 0 Å².